The van der Waals surface area contributed by atoms with Crippen molar-refractivity contribution in [3.8, 4) is 11.5 Å². The van der Waals surface area contributed by atoms with Crippen molar-refractivity contribution in [3.05, 3.63) is 58.5 Å². The number of hydrogen-bond acceptors (Lipinski definition) is 5. The third kappa shape index (κ3) is 3.45. The van der Waals surface area contributed by atoms with Gasteiger partial charge in [0.05, 0.1) is 12.8 Å². The quantitative estimate of drug-likeness (QED) is 0.666. The largest absolute Gasteiger partial charge is 0.504 e. The van der Waals surface area contributed by atoms with Crippen LogP contribution in [0.25, 0.3) is 0 Å². The second-order valence-corrected chi connectivity index (χ2v) is 4.53. The molecule has 0 spiro atoms. The van der Waals surface area contributed by atoms with Crippen molar-refractivity contribution in [1.82, 2.24) is 0 Å². The van der Waals surface area contributed by atoms with Crippen LogP contribution in [-0.4, -0.2) is 18.4 Å². The van der Waals surface area contributed by atoms with Crippen LogP contribution in [0.15, 0.2) is 52.6 Å². The number of phenolic OH excluding ortho intramolecular Hbond substituents is 1. The van der Waals surface area contributed by atoms with E-state index in [9.17, 15) is 10.0 Å². The molecule has 0 amide bonds. The van der Waals surface area contributed by atoms with Gasteiger partial charge in [-0.25, -0.2) is 0 Å². The summed E-state index contributed by atoms with van der Waals surface area (Å²) in [5.41, 5.74) is 2.13. The van der Waals surface area contributed by atoms with E-state index in [0.717, 1.165) is 11.3 Å². The van der Waals surface area contributed by atoms with Crippen molar-refractivity contribution in [3.63, 3.8) is 0 Å². The topological polar surface area (TPSA) is 71.2 Å². The summed E-state index contributed by atoms with van der Waals surface area (Å²) in [4.78, 5) is 14.8. The number of aromatic hydroxyl groups is 1. The normalized spacial score (nSPS) is 12.3. The zero-order chi connectivity index (χ0) is 15.2. The van der Waals surface area contributed by atoms with Gasteiger partial charge in [-0.1, -0.05) is 23.4 Å². The third-order valence-corrected chi connectivity index (χ3v) is 3.14. The van der Waals surface area contributed by atoms with E-state index in [4.69, 9.17) is 4.74 Å². The summed E-state index contributed by atoms with van der Waals surface area (Å²) in [6, 6.07) is 12.0. The molecule has 1 unspecified atom stereocenters. The Balaban J connectivity index is 2.20. The minimum atomic E-state index is -0.370. The van der Waals surface area contributed by atoms with E-state index in [1.165, 1.54) is 7.11 Å². The molecule has 1 atom stereocenters. The summed E-state index contributed by atoms with van der Waals surface area (Å²) < 4.78 is 5.04. The van der Waals surface area contributed by atoms with Crippen LogP contribution in [0.3, 0.4) is 0 Å². The predicted molar refractivity (Wildman–Crippen MR) is 82.6 cm³/mol. The van der Waals surface area contributed by atoms with E-state index in [-0.39, 0.29) is 11.8 Å². The minimum absolute atomic E-state index is 0.0548. The number of para-hydroxylation sites is 1. The van der Waals surface area contributed by atoms with Gasteiger partial charge in [0.2, 0.25) is 0 Å². The Morgan fingerprint density at radius 1 is 1.19 bits per heavy atom. The number of methoxy groups -OCH3 is 1. The van der Waals surface area contributed by atoms with Gasteiger partial charge in [0.1, 0.15) is 6.04 Å². The highest BCUT2D eigenvalue weighted by Gasteiger charge is 2.05. The zero-order valence-electron chi connectivity index (χ0n) is 11.9. The molecular weight excluding hydrogens is 268 g/mol. The molecule has 0 aliphatic carbocycles. The Kier molecular flexibility index (Phi) is 4.66. The number of rotatable bonds is 5. The van der Waals surface area contributed by atoms with E-state index in [2.05, 4.69) is 10.2 Å². The maximum Gasteiger partial charge on any atom is 0.166 e. The van der Waals surface area contributed by atoms with Gasteiger partial charge in [-0.2, -0.15) is 4.91 Å². The van der Waals surface area contributed by atoms with Crippen LogP contribution in [0, 0.1) is 4.91 Å². The fourth-order valence-electron chi connectivity index (χ4n) is 1.85. The molecule has 0 saturated heterocycles. The van der Waals surface area contributed by atoms with E-state index >= 15 is 0 Å². The Morgan fingerprint density at radius 3 is 2.52 bits per heavy atom. The lowest BCUT2D eigenvalue weighted by Gasteiger charge is -2.05. The second-order valence-electron chi connectivity index (χ2n) is 4.53. The number of aliphatic imine (C=N–C) groups is 1. The molecule has 21 heavy (non-hydrogen) atoms. The van der Waals surface area contributed by atoms with Crippen molar-refractivity contribution < 1.29 is 9.84 Å². The molecule has 2 aromatic carbocycles. The Morgan fingerprint density at radius 2 is 1.90 bits per heavy atom. The number of benzene rings is 2. The Labute approximate surface area is 122 Å². The summed E-state index contributed by atoms with van der Waals surface area (Å²) in [7, 11) is 1.50. The zero-order valence-corrected chi connectivity index (χ0v) is 11.9. The van der Waals surface area contributed by atoms with Gasteiger partial charge in [0, 0.05) is 11.8 Å². The van der Waals surface area contributed by atoms with Crippen molar-refractivity contribution >= 4 is 11.9 Å². The fraction of sp³-hybridized carbons (Fsp3) is 0.188. The number of phenols is 1. The van der Waals surface area contributed by atoms with E-state index < -0.39 is 0 Å². The van der Waals surface area contributed by atoms with Crippen molar-refractivity contribution in [1.29, 1.82) is 0 Å². The summed E-state index contributed by atoms with van der Waals surface area (Å²) >= 11 is 0. The van der Waals surface area contributed by atoms with Gasteiger partial charge < -0.3 is 9.84 Å². The lowest BCUT2D eigenvalue weighted by molar-refractivity contribution is 0.373. The first-order valence-corrected chi connectivity index (χ1v) is 6.48. The van der Waals surface area contributed by atoms with Crippen LogP contribution >= 0.6 is 0 Å². The van der Waals surface area contributed by atoms with Crippen molar-refractivity contribution in [2.75, 3.05) is 7.11 Å². The van der Waals surface area contributed by atoms with Crippen LogP contribution < -0.4 is 4.74 Å². The van der Waals surface area contributed by atoms with Crippen LogP contribution in [-0.2, 0) is 0 Å². The van der Waals surface area contributed by atoms with Gasteiger partial charge in [0.25, 0.3) is 0 Å². The molecule has 0 radical (unpaired) electrons. The highest BCUT2D eigenvalue weighted by Crippen LogP contribution is 2.28. The number of hydrogen-bond donors (Lipinski definition) is 1. The molecule has 1 N–H and O–H groups in total. The summed E-state index contributed by atoms with van der Waals surface area (Å²) in [6.45, 7) is 1.74. The molecule has 5 nitrogen and oxygen atoms in total. The van der Waals surface area contributed by atoms with Crippen molar-refractivity contribution in [2.24, 2.45) is 10.2 Å². The molecule has 2 aromatic rings. The van der Waals surface area contributed by atoms with Crippen molar-refractivity contribution in [2.45, 2.75) is 13.0 Å². The first kappa shape index (κ1) is 14.7. The number of nitrogens with zero attached hydrogens (tertiary/aromatic N) is 2. The van der Waals surface area contributed by atoms with Gasteiger partial charge in [-0.3, -0.25) is 4.99 Å². The minimum Gasteiger partial charge on any atom is -0.504 e. The molecule has 108 valence electrons. The first-order chi connectivity index (χ1) is 10.2. The maximum atomic E-state index is 10.5. The van der Waals surface area contributed by atoms with Crippen LogP contribution in [0.5, 0.6) is 11.5 Å². The average Bonchev–Trinajstić information content (AvgIpc) is 2.53. The van der Waals surface area contributed by atoms with E-state index in [0.29, 0.717) is 11.3 Å². The first-order valence-electron chi connectivity index (χ1n) is 6.48. The fourth-order valence-corrected chi connectivity index (χ4v) is 1.85. The van der Waals surface area contributed by atoms with E-state index in [1.54, 1.807) is 43.5 Å². The molecular formula is C16H16N2O3. The van der Waals surface area contributed by atoms with Gasteiger partial charge in [-0.05, 0) is 36.8 Å². The highest BCUT2D eigenvalue weighted by atomic mass is 16.5. The molecule has 0 saturated carbocycles. The van der Waals surface area contributed by atoms with Crippen LogP contribution in [0.4, 0.5) is 5.69 Å². The van der Waals surface area contributed by atoms with Gasteiger partial charge in [-0.15, -0.1) is 0 Å². The molecule has 0 fully saturated rings. The lowest BCUT2D eigenvalue weighted by atomic mass is 10.1. The second kappa shape index (κ2) is 6.65. The standard InChI is InChI=1S/C16H16N2O3/c1-11(18-20)12-6-8-14(9-7-12)17-10-13-4-3-5-15(21-2)16(13)19/h3-11,19H,1-2H3. The summed E-state index contributed by atoms with van der Waals surface area (Å²) in [5.74, 6) is 0.458. The van der Waals surface area contributed by atoms with Crippen LogP contribution in [0.1, 0.15) is 24.1 Å². The monoisotopic (exact) mass is 284 g/mol. The molecule has 0 aliphatic heterocycles. The lowest BCUT2D eigenvalue weighted by Crippen LogP contribution is -1.88. The number of nitroso groups, excluding NO2 is 1. The molecule has 0 heterocycles. The summed E-state index contributed by atoms with van der Waals surface area (Å²) in [6.07, 6.45) is 1.56. The molecule has 0 aliphatic rings. The average molecular weight is 284 g/mol. The van der Waals surface area contributed by atoms with Crippen LogP contribution in [0.2, 0.25) is 0 Å². The van der Waals surface area contributed by atoms with Gasteiger partial charge >= 0.3 is 0 Å². The van der Waals surface area contributed by atoms with Gasteiger partial charge in [0.15, 0.2) is 11.5 Å². The maximum absolute atomic E-state index is 10.5. The third-order valence-electron chi connectivity index (χ3n) is 3.14. The predicted octanol–water partition coefficient (Wildman–Crippen LogP) is 3.98. The number of ether oxygens (including phenoxy) is 1. The Bertz CT molecular complexity index is 651. The smallest absolute Gasteiger partial charge is 0.166 e. The molecule has 0 aromatic heterocycles. The molecule has 0 bridgehead atoms. The Hall–Kier alpha value is -2.69. The molecule has 5 heteroatoms. The highest BCUT2D eigenvalue weighted by molar-refractivity contribution is 5.86. The SMILES string of the molecule is COc1cccc(C=Nc2ccc(C(C)N=O)cc2)c1O. The molecule has 2 rings (SSSR count). The van der Waals surface area contributed by atoms with E-state index in [1.807, 2.05) is 12.1 Å². The summed E-state index contributed by atoms with van der Waals surface area (Å²) in [5, 5.41) is 12.9.